The third-order valence-corrected chi connectivity index (χ3v) is 3.63. The van der Waals surface area contributed by atoms with Gasteiger partial charge in [-0.3, -0.25) is 9.58 Å². The van der Waals surface area contributed by atoms with Gasteiger partial charge in [-0.25, -0.2) is 0 Å². The lowest BCUT2D eigenvalue weighted by Crippen LogP contribution is -2.36. The Morgan fingerprint density at radius 2 is 2.35 bits per heavy atom. The van der Waals surface area contributed by atoms with Crippen LogP contribution in [0.3, 0.4) is 0 Å². The van der Waals surface area contributed by atoms with Crippen molar-refractivity contribution in [2.45, 2.75) is 39.8 Å². The van der Waals surface area contributed by atoms with Crippen LogP contribution in [0.5, 0.6) is 0 Å². The van der Waals surface area contributed by atoms with Crippen molar-refractivity contribution in [3.8, 4) is 0 Å². The molecule has 0 radical (unpaired) electrons. The van der Waals surface area contributed by atoms with Crippen molar-refractivity contribution in [1.29, 1.82) is 0 Å². The summed E-state index contributed by atoms with van der Waals surface area (Å²) in [7, 11) is 0. The van der Waals surface area contributed by atoms with Gasteiger partial charge in [0, 0.05) is 38.0 Å². The van der Waals surface area contributed by atoms with E-state index in [1.54, 1.807) is 0 Å². The predicted molar refractivity (Wildman–Crippen MR) is 67.7 cm³/mol. The fourth-order valence-corrected chi connectivity index (χ4v) is 2.56. The van der Waals surface area contributed by atoms with Crippen LogP contribution in [0.2, 0.25) is 0 Å². The summed E-state index contributed by atoms with van der Waals surface area (Å²) in [5.74, 6) is 0.463. The highest BCUT2D eigenvalue weighted by Crippen LogP contribution is 2.19. The number of hydrogen-bond donors (Lipinski definition) is 1. The molecule has 2 rings (SSSR count). The topological polar surface area (TPSA) is 41.3 Å². The second-order valence-corrected chi connectivity index (χ2v) is 5.02. The molecule has 1 aromatic rings. The maximum Gasteiger partial charge on any atom is 0.0638 e. The first-order chi connectivity index (χ1) is 8.22. The first-order valence-corrected chi connectivity index (χ1v) is 6.59. The Morgan fingerprint density at radius 3 is 3.00 bits per heavy atom. The molecule has 4 nitrogen and oxygen atoms in total. The van der Waals surface area contributed by atoms with Crippen LogP contribution in [0.15, 0.2) is 6.20 Å². The Labute approximate surface area is 103 Å². The van der Waals surface area contributed by atoms with Gasteiger partial charge >= 0.3 is 0 Å². The zero-order valence-electron chi connectivity index (χ0n) is 10.9. The Hall–Kier alpha value is -0.870. The molecule has 1 atom stereocenters. The van der Waals surface area contributed by atoms with Crippen LogP contribution in [0.4, 0.5) is 0 Å². The lowest BCUT2D eigenvalue weighted by molar-refractivity contribution is 0.115. The molecule has 0 aliphatic carbocycles. The third-order valence-electron chi connectivity index (χ3n) is 3.63. The van der Waals surface area contributed by atoms with Crippen LogP contribution in [0, 0.1) is 12.8 Å². The summed E-state index contributed by atoms with van der Waals surface area (Å²) >= 11 is 0. The molecule has 1 fully saturated rings. The van der Waals surface area contributed by atoms with E-state index in [0.29, 0.717) is 12.5 Å². The van der Waals surface area contributed by atoms with Gasteiger partial charge in [0.05, 0.1) is 5.69 Å². The standard InChI is InChI=1S/C13H23N3O/c1-3-16-9-13(11(2)14-16)8-15-6-4-5-12(7-15)10-17/h9,12,17H,3-8,10H2,1-2H3/t12-/m0/s1. The lowest BCUT2D eigenvalue weighted by atomic mass is 9.99. The molecule has 1 aromatic heterocycles. The number of piperidine rings is 1. The van der Waals surface area contributed by atoms with Crippen molar-refractivity contribution in [3.63, 3.8) is 0 Å². The number of aryl methyl sites for hydroxylation is 2. The molecule has 2 heterocycles. The number of likely N-dealkylation sites (tertiary alicyclic amines) is 1. The molecular formula is C13H23N3O. The predicted octanol–water partition coefficient (Wildman–Crippen LogP) is 1.42. The highest BCUT2D eigenvalue weighted by atomic mass is 16.3. The molecule has 1 N–H and O–H groups in total. The van der Waals surface area contributed by atoms with Gasteiger partial charge in [-0.05, 0) is 39.2 Å². The van der Waals surface area contributed by atoms with E-state index in [9.17, 15) is 5.11 Å². The monoisotopic (exact) mass is 237 g/mol. The molecule has 0 amide bonds. The Balaban J connectivity index is 1.97. The first kappa shape index (κ1) is 12.6. The zero-order valence-corrected chi connectivity index (χ0v) is 10.9. The minimum atomic E-state index is 0.323. The maximum absolute atomic E-state index is 9.23. The molecule has 1 aliphatic heterocycles. The van der Waals surface area contributed by atoms with E-state index < -0.39 is 0 Å². The van der Waals surface area contributed by atoms with E-state index in [1.165, 1.54) is 18.4 Å². The van der Waals surface area contributed by atoms with E-state index in [-0.39, 0.29) is 0 Å². The van der Waals surface area contributed by atoms with Crippen molar-refractivity contribution >= 4 is 0 Å². The fraction of sp³-hybridized carbons (Fsp3) is 0.769. The number of hydrogen-bond acceptors (Lipinski definition) is 3. The summed E-state index contributed by atoms with van der Waals surface area (Å²) in [6, 6.07) is 0. The van der Waals surface area contributed by atoms with Crippen LogP contribution in [-0.4, -0.2) is 39.5 Å². The summed E-state index contributed by atoms with van der Waals surface area (Å²) in [5.41, 5.74) is 2.46. The van der Waals surface area contributed by atoms with E-state index >= 15 is 0 Å². The molecule has 17 heavy (non-hydrogen) atoms. The van der Waals surface area contributed by atoms with Gasteiger partial charge < -0.3 is 5.11 Å². The first-order valence-electron chi connectivity index (χ1n) is 6.59. The Bertz CT molecular complexity index is 362. The van der Waals surface area contributed by atoms with Crippen LogP contribution in [0.25, 0.3) is 0 Å². The SMILES string of the molecule is CCn1cc(CN2CCC[C@H](CO)C2)c(C)n1. The minimum absolute atomic E-state index is 0.323. The largest absolute Gasteiger partial charge is 0.396 e. The van der Waals surface area contributed by atoms with Gasteiger partial charge in [0.25, 0.3) is 0 Å². The van der Waals surface area contributed by atoms with Gasteiger partial charge in [-0.1, -0.05) is 0 Å². The highest BCUT2D eigenvalue weighted by molar-refractivity contribution is 5.15. The quantitative estimate of drug-likeness (QED) is 0.861. The molecule has 4 heteroatoms. The molecule has 0 spiro atoms. The van der Waals surface area contributed by atoms with E-state index in [0.717, 1.165) is 31.9 Å². The van der Waals surface area contributed by atoms with Crippen LogP contribution in [0.1, 0.15) is 31.0 Å². The fourth-order valence-electron chi connectivity index (χ4n) is 2.56. The summed E-state index contributed by atoms with van der Waals surface area (Å²) in [6.07, 6.45) is 4.52. The number of aromatic nitrogens is 2. The second kappa shape index (κ2) is 5.65. The van der Waals surface area contributed by atoms with Crippen molar-refractivity contribution in [3.05, 3.63) is 17.5 Å². The average molecular weight is 237 g/mol. The lowest BCUT2D eigenvalue weighted by Gasteiger charge is -2.31. The normalized spacial score (nSPS) is 21.9. The van der Waals surface area contributed by atoms with E-state index in [2.05, 4.69) is 30.0 Å². The Morgan fingerprint density at radius 1 is 1.53 bits per heavy atom. The Kier molecular flexibility index (Phi) is 4.18. The molecule has 0 aromatic carbocycles. The molecule has 0 saturated carbocycles. The number of aliphatic hydroxyl groups excluding tert-OH is 1. The van der Waals surface area contributed by atoms with Crippen molar-refractivity contribution in [2.24, 2.45) is 5.92 Å². The van der Waals surface area contributed by atoms with E-state index in [4.69, 9.17) is 0 Å². The van der Waals surface area contributed by atoms with Gasteiger partial charge in [0.1, 0.15) is 0 Å². The summed E-state index contributed by atoms with van der Waals surface area (Å²) in [6.45, 7) is 8.58. The second-order valence-electron chi connectivity index (χ2n) is 5.02. The highest BCUT2D eigenvalue weighted by Gasteiger charge is 2.20. The maximum atomic E-state index is 9.23. The molecular weight excluding hydrogens is 214 g/mol. The summed E-state index contributed by atoms with van der Waals surface area (Å²) < 4.78 is 2.00. The summed E-state index contributed by atoms with van der Waals surface area (Å²) in [4.78, 5) is 2.44. The number of nitrogens with zero attached hydrogens (tertiary/aromatic N) is 3. The van der Waals surface area contributed by atoms with Crippen LogP contribution in [-0.2, 0) is 13.1 Å². The molecule has 1 saturated heterocycles. The third kappa shape index (κ3) is 3.07. The van der Waals surface area contributed by atoms with Crippen molar-refractivity contribution in [2.75, 3.05) is 19.7 Å². The molecule has 0 unspecified atom stereocenters. The molecule has 1 aliphatic rings. The van der Waals surface area contributed by atoms with Crippen LogP contribution >= 0.6 is 0 Å². The molecule has 96 valence electrons. The van der Waals surface area contributed by atoms with Gasteiger partial charge in [0.15, 0.2) is 0 Å². The molecule has 0 bridgehead atoms. The van der Waals surface area contributed by atoms with Gasteiger partial charge in [-0.2, -0.15) is 5.10 Å². The number of aliphatic hydroxyl groups is 1. The van der Waals surface area contributed by atoms with Crippen molar-refractivity contribution in [1.82, 2.24) is 14.7 Å². The van der Waals surface area contributed by atoms with E-state index in [1.807, 2.05) is 4.68 Å². The average Bonchev–Trinajstić information content (AvgIpc) is 2.70. The summed E-state index contributed by atoms with van der Waals surface area (Å²) in [5, 5.41) is 13.7. The van der Waals surface area contributed by atoms with Crippen LogP contribution < -0.4 is 0 Å². The smallest absolute Gasteiger partial charge is 0.0638 e. The minimum Gasteiger partial charge on any atom is -0.396 e. The number of rotatable bonds is 4. The van der Waals surface area contributed by atoms with Crippen molar-refractivity contribution < 1.29 is 5.11 Å². The van der Waals surface area contributed by atoms with Gasteiger partial charge in [0.2, 0.25) is 0 Å². The zero-order chi connectivity index (χ0) is 12.3. The van der Waals surface area contributed by atoms with Gasteiger partial charge in [-0.15, -0.1) is 0 Å².